The second-order valence-electron chi connectivity index (χ2n) is 9.88. The van der Waals surface area contributed by atoms with E-state index in [-0.39, 0.29) is 5.97 Å². The lowest BCUT2D eigenvalue weighted by molar-refractivity contribution is -0.131. The minimum absolute atomic E-state index is 0.263. The summed E-state index contributed by atoms with van der Waals surface area (Å²) < 4.78 is 15.9. The molecule has 2 rings (SSSR count). The van der Waals surface area contributed by atoms with Crippen molar-refractivity contribution in [2.45, 2.75) is 65.6 Å². The van der Waals surface area contributed by atoms with Crippen LogP contribution in [0.3, 0.4) is 0 Å². The van der Waals surface area contributed by atoms with Crippen LogP contribution in [0.2, 0.25) is 32.7 Å². The SMILES string of the molecule is CC(=O)Oc1ccc(C[Si](C)(C)C)cc1C.COc1ccc(C[Si](C)(C)OC)cc1C. The van der Waals surface area contributed by atoms with Crippen molar-refractivity contribution in [1.29, 1.82) is 0 Å². The van der Waals surface area contributed by atoms with Crippen LogP contribution in [-0.2, 0) is 21.3 Å². The molecular formula is C25H40O4Si2. The van der Waals surface area contributed by atoms with Crippen LogP contribution in [0.25, 0.3) is 0 Å². The quantitative estimate of drug-likeness (QED) is 0.277. The Morgan fingerprint density at radius 2 is 1.29 bits per heavy atom. The highest BCUT2D eigenvalue weighted by Crippen LogP contribution is 2.22. The molecular weight excluding hydrogens is 420 g/mol. The van der Waals surface area contributed by atoms with E-state index in [1.165, 1.54) is 23.6 Å². The molecule has 0 unspecified atom stereocenters. The average Bonchev–Trinajstić information content (AvgIpc) is 2.63. The lowest BCUT2D eigenvalue weighted by atomic mass is 10.1. The Morgan fingerprint density at radius 1 is 0.806 bits per heavy atom. The molecule has 0 saturated carbocycles. The number of hydrogen-bond acceptors (Lipinski definition) is 4. The molecule has 0 aliphatic heterocycles. The van der Waals surface area contributed by atoms with Crippen LogP contribution in [0.15, 0.2) is 36.4 Å². The molecule has 2 aromatic rings. The van der Waals surface area contributed by atoms with Gasteiger partial charge in [-0.2, -0.15) is 0 Å². The van der Waals surface area contributed by atoms with Crippen molar-refractivity contribution in [3.63, 3.8) is 0 Å². The third-order valence-corrected chi connectivity index (χ3v) is 8.70. The summed E-state index contributed by atoms with van der Waals surface area (Å²) in [6.07, 6.45) is 0. The lowest BCUT2D eigenvalue weighted by Gasteiger charge is -2.20. The molecule has 0 aliphatic rings. The van der Waals surface area contributed by atoms with Crippen molar-refractivity contribution >= 4 is 22.4 Å². The number of hydrogen-bond donors (Lipinski definition) is 0. The Hall–Kier alpha value is -1.90. The maximum atomic E-state index is 10.9. The Kier molecular flexibility index (Phi) is 10.2. The molecule has 0 fully saturated rings. The predicted molar refractivity (Wildman–Crippen MR) is 135 cm³/mol. The van der Waals surface area contributed by atoms with Crippen molar-refractivity contribution in [3.05, 3.63) is 58.7 Å². The van der Waals surface area contributed by atoms with Crippen LogP contribution in [0.1, 0.15) is 29.2 Å². The summed E-state index contributed by atoms with van der Waals surface area (Å²) in [4.78, 5) is 10.9. The minimum atomic E-state index is -1.51. The molecule has 0 heterocycles. The van der Waals surface area contributed by atoms with Gasteiger partial charge in [0.25, 0.3) is 0 Å². The normalized spacial score (nSPS) is 11.4. The van der Waals surface area contributed by atoms with Gasteiger partial charge in [-0.05, 0) is 67.9 Å². The van der Waals surface area contributed by atoms with E-state index in [0.29, 0.717) is 5.75 Å². The van der Waals surface area contributed by atoms with Crippen molar-refractivity contribution in [3.8, 4) is 11.5 Å². The topological polar surface area (TPSA) is 44.8 Å². The molecule has 0 aromatic heterocycles. The highest BCUT2D eigenvalue weighted by Gasteiger charge is 2.21. The summed E-state index contributed by atoms with van der Waals surface area (Å²) in [6.45, 7) is 17.0. The number of benzene rings is 2. The molecule has 0 spiro atoms. The van der Waals surface area contributed by atoms with Gasteiger partial charge in [-0.15, -0.1) is 0 Å². The van der Waals surface area contributed by atoms with Gasteiger partial charge in [-0.25, -0.2) is 0 Å². The average molecular weight is 461 g/mol. The molecule has 2 aromatic carbocycles. The molecule has 0 aliphatic carbocycles. The molecule has 0 radical (unpaired) electrons. The van der Waals surface area contributed by atoms with Crippen molar-refractivity contribution in [1.82, 2.24) is 0 Å². The zero-order chi connectivity index (χ0) is 23.8. The highest BCUT2D eigenvalue weighted by atomic mass is 28.4. The molecule has 0 amide bonds. The number of ether oxygens (including phenoxy) is 2. The highest BCUT2D eigenvalue weighted by molar-refractivity contribution is 6.75. The number of esters is 1. The first-order valence-electron chi connectivity index (χ1n) is 10.7. The number of rotatable bonds is 7. The van der Waals surface area contributed by atoms with E-state index in [2.05, 4.69) is 63.9 Å². The van der Waals surface area contributed by atoms with Crippen LogP contribution in [0, 0.1) is 13.8 Å². The second kappa shape index (κ2) is 11.6. The number of carbonyl (C=O) groups excluding carboxylic acids is 1. The third-order valence-electron chi connectivity index (χ3n) is 4.87. The minimum Gasteiger partial charge on any atom is -0.496 e. The molecule has 6 heteroatoms. The van der Waals surface area contributed by atoms with Gasteiger partial charge in [0.2, 0.25) is 0 Å². The third kappa shape index (κ3) is 10.3. The largest absolute Gasteiger partial charge is 0.496 e. The Labute approximate surface area is 191 Å². The van der Waals surface area contributed by atoms with Crippen LogP contribution < -0.4 is 9.47 Å². The van der Waals surface area contributed by atoms with Gasteiger partial charge in [0.05, 0.1) is 7.11 Å². The first kappa shape index (κ1) is 27.1. The van der Waals surface area contributed by atoms with E-state index in [9.17, 15) is 4.79 Å². The van der Waals surface area contributed by atoms with Crippen molar-refractivity contribution in [2.75, 3.05) is 14.2 Å². The van der Waals surface area contributed by atoms with Gasteiger partial charge in [-0.3, -0.25) is 4.79 Å². The fraction of sp³-hybridized carbons (Fsp3) is 0.480. The maximum Gasteiger partial charge on any atom is 0.308 e. The van der Waals surface area contributed by atoms with Crippen LogP contribution >= 0.6 is 0 Å². The lowest BCUT2D eigenvalue weighted by Crippen LogP contribution is -2.32. The molecule has 4 nitrogen and oxygen atoms in total. The summed E-state index contributed by atoms with van der Waals surface area (Å²) in [5.41, 5.74) is 4.90. The predicted octanol–water partition coefficient (Wildman–Crippen LogP) is 6.28. The zero-order valence-corrected chi connectivity index (χ0v) is 23.0. The first-order valence-corrected chi connectivity index (χ1v) is 17.5. The van der Waals surface area contributed by atoms with Crippen LogP contribution in [0.4, 0.5) is 0 Å². The van der Waals surface area contributed by atoms with E-state index >= 15 is 0 Å². The number of methoxy groups -OCH3 is 1. The molecule has 31 heavy (non-hydrogen) atoms. The van der Waals surface area contributed by atoms with Gasteiger partial charge < -0.3 is 13.9 Å². The van der Waals surface area contributed by atoms with E-state index < -0.39 is 16.4 Å². The van der Waals surface area contributed by atoms with Gasteiger partial charge >= 0.3 is 5.97 Å². The van der Waals surface area contributed by atoms with E-state index in [1.807, 2.05) is 26.2 Å². The number of aryl methyl sites for hydroxylation is 2. The van der Waals surface area contributed by atoms with Crippen LogP contribution in [-0.4, -0.2) is 36.6 Å². The smallest absolute Gasteiger partial charge is 0.308 e. The molecule has 0 bridgehead atoms. The fourth-order valence-electron chi connectivity index (χ4n) is 3.32. The molecule has 0 N–H and O–H groups in total. The maximum absolute atomic E-state index is 10.9. The van der Waals surface area contributed by atoms with E-state index in [4.69, 9.17) is 13.9 Å². The van der Waals surface area contributed by atoms with Gasteiger partial charge in [-0.1, -0.05) is 49.5 Å². The zero-order valence-electron chi connectivity index (χ0n) is 21.0. The summed E-state index contributed by atoms with van der Waals surface area (Å²) in [5, 5.41) is 0. The van der Waals surface area contributed by atoms with Crippen LogP contribution in [0.5, 0.6) is 11.5 Å². The summed E-state index contributed by atoms with van der Waals surface area (Å²) in [6, 6.07) is 14.6. The molecule has 172 valence electrons. The van der Waals surface area contributed by atoms with Crippen molar-refractivity contribution < 1.29 is 18.7 Å². The van der Waals surface area contributed by atoms with Crippen molar-refractivity contribution in [2.24, 2.45) is 0 Å². The van der Waals surface area contributed by atoms with Gasteiger partial charge in [0.1, 0.15) is 11.5 Å². The Balaban J connectivity index is 0.000000311. The fourth-order valence-corrected chi connectivity index (χ4v) is 6.11. The van der Waals surface area contributed by atoms with Gasteiger partial charge in [0.15, 0.2) is 8.32 Å². The summed E-state index contributed by atoms with van der Waals surface area (Å²) in [7, 11) is 0.925. The first-order chi connectivity index (χ1) is 14.3. The van der Waals surface area contributed by atoms with E-state index in [1.54, 1.807) is 7.11 Å². The summed E-state index contributed by atoms with van der Waals surface area (Å²) in [5.74, 6) is 1.36. The standard InChI is InChI=1S/C13H20O2Si.C12H20O2Si/c1-10-8-12(9-16(3,4)5)6-7-13(10)15-11(2)14;1-10-8-11(6-7-12(10)13-2)9-15(4,5)14-3/h6-8H,9H2,1-5H3;6-8H,9H2,1-5H3. The molecule has 0 saturated heterocycles. The summed E-state index contributed by atoms with van der Waals surface area (Å²) >= 11 is 0. The Bertz CT molecular complexity index is 870. The number of carbonyl (C=O) groups is 1. The molecule has 0 atom stereocenters. The Morgan fingerprint density at radius 3 is 1.68 bits per heavy atom. The second-order valence-corrected chi connectivity index (χ2v) is 19.6. The van der Waals surface area contributed by atoms with Gasteiger partial charge in [0, 0.05) is 22.1 Å². The van der Waals surface area contributed by atoms with E-state index in [0.717, 1.165) is 23.4 Å². The monoisotopic (exact) mass is 460 g/mol.